The lowest BCUT2D eigenvalue weighted by Crippen LogP contribution is -2.32. The Balaban J connectivity index is 1.96. The number of rotatable bonds is 5. The van der Waals surface area contributed by atoms with Crippen molar-refractivity contribution < 1.29 is 9.53 Å². The van der Waals surface area contributed by atoms with Gasteiger partial charge >= 0.3 is 0 Å². The van der Waals surface area contributed by atoms with Gasteiger partial charge in [0.1, 0.15) is 5.75 Å². The topological polar surface area (TPSA) is 64.3 Å². The molecule has 1 amide bonds. The molecule has 1 aliphatic heterocycles. The maximum absolute atomic E-state index is 12.0. The molecule has 18 heavy (non-hydrogen) atoms. The summed E-state index contributed by atoms with van der Waals surface area (Å²) in [7, 11) is 0. The van der Waals surface area contributed by atoms with Gasteiger partial charge in [-0.2, -0.15) is 0 Å². The number of hydrogen-bond donors (Lipinski definition) is 2. The summed E-state index contributed by atoms with van der Waals surface area (Å²) >= 11 is 0. The second-order valence-corrected chi connectivity index (χ2v) is 4.73. The van der Waals surface area contributed by atoms with E-state index in [0.29, 0.717) is 18.7 Å². The Bertz CT molecular complexity index is 432. The number of ether oxygens (including phenoxy) is 1. The Kier molecular flexibility index (Phi) is 4.20. The van der Waals surface area contributed by atoms with Crippen molar-refractivity contribution in [2.75, 3.05) is 13.2 Å². The summed E-state index contributed by atoms with van der Waals surface area (Å²) in [5.41, 5.74) is 7.28. The van der Waals surface area contributed by atoms with Gasteiger partial charge in [0.25, 0.3) is 5.91 Å². The zero-order chi connectivity index (χ0) is 13.0. The minimum absolute atomic E-state index is 0.0192. The molecule has 1 aliphatic rings. The molecular formula is C14H20N2O2. The lowest BCUT2D eigenvalue weighted by atomic mass is 10.1. The summed E-state index contributed by atoms with van der Waals surface area (Å²) in [5, 5.41) is 2.99. The van der Waals surface area contributed by atoms with Crippen molar-refractivity contribution in [2.45, 2.75) is 32.2 Å². The van der Waals surface area contributed by atoms with Crippen LogP contribution in [0.1, 0.15) is 35.7 Å². The summed E-state index contributed by atoms with van der Waals surface area (Å²) in [6.45, 7) is 3.38. The molecule has 4 heteroatoms. The Morgan fingerprint density at radius 3 is 3.17 bits per heavy atom. The third kappa shape index (κ3) is 3.01. The van der Waals surface area contributed by atoms with Crippen LogP contribution in [0.3, 0.4) is 0 Å². The molecule has 2 rings (SSSR count). The fourth-order valence-electron chi connectivity index (χ4n) is 2.13. The van der Waals surface area contributed by atoms with Crippen molar-refractivity contribution in [3.05, 3.63) is 29.3 Å². The second kappa shape index (κ2) is 5.87. The molecule has 1 unspecified atom stereocenters. The number of hydrogen-bond acceptors (Lipinski definition) is 3. The van der Waals surface area contributed by atoms with Crippen molar-refractivity contribution in [1.82, 2.24) is 5.32 Å². The number of fused-ring (bicyclic) bond motifs is 1. The van der Waals surface area contributed by atoms with Crippen LogP contribution in [0.25, 0.3) is 0 Å². The lowest BCUT2D eigenvalue weighted by Gasteiger charge is -2.13. The van der Waals surface area contributed by atoms with E-state index in [2.05, 4.69) is 5.32 Å². The molecule has 0 fully saturated rings. The van der Waals surface area contributed by atoms with Crippen molar-refractivity contribution in [3.8, 4) is 5.75 Å². The van der Waals surface area contributed by atoms with E-state index in [9.17, 15) is 4.79 Å². The predicted molar refractivity (Wildman–Crippen MR) is 70.9 cm³/mol. The van der Waals surface area contributed by atoms with E-state index >= 15 is 0 Å². The average molecular weight is 248 g/mol. The van der Waals surface area contributed by atoms with Crippen LogP contribution in [0.5, 0.6) is 5.75 Å². The number of nitrogens with two attached hydrogens (primary N) is 1. The van der Waals surface area contributed by atoms with E-state index in [1.807, 2.05) is 25.1 Å². The minimum Gasteiger partial charge on any atom is -0.493 e. The molecule has 0 aromatic heterocycles. The van der Waals surface area contributed by atoms with Crippen LogP contribution in [0.15, 0.2) is 18.2 Å². The van der Waals surface area contributed by atoms with Gasteiger partial charge in [0, 0.05) is 18.0 Å². The van der Waals surface area contributed by atoms with Gasteiger partial charge < -0.3 is 15.8 Å². The Hall–Kier alpha value is -1.55. The Labute approximate surface area is 108 Å². The van der Waals surface area contributed by atoms with Gasteiger partial charge in [-0.3, -0.25) is 4.79 Å². The van der Waals surface area contributed by atoms with Gasteiger partial charge in [-0.05, 0) is 50.1 Å². The van der Waals surface area contributed by atoms with Crippen LogP contribution >= 0.6 is 0 Å². The molecule has 3 N–H and O–H groups in total. The number of nitrogens with one attached hydrogen (secondary N) is 1. The fourth-order valence-corrected chi connectivity index (χ4v) is 2.13. The Morgan fingerprint density at radius 2 is 2.39 bits per heavy atom. The van der Waals surface area contributed by atoms with E-state index in [1.54, 1.807) is 0 Å². The summed E-state index contributed by atoms with van der Waals surface area (Å²) in [6.07, 6.45) is 2.73. The van der Waals surface area contributed by atoms with E-state index in [4.69, 9.17) is 10.5 Å². The highest BCUT2D eigenvalue weighted by atomic mass is 16.5. The third-order valence-corrected chi connectivity index (χ3v) is 3.17. The summed E-state index contributed by atoms with van der Waals surface area (Å²) in [4.78, 5) is 12.0. The quantitative estimate of drug-likeness (QED) is 0.829. The molecule has 0 spiro atoms. The molecular weight excluding hydrogens is 228 g/mol. The highest BCUT2D eigenvalue weighted by Crippen LogP contribution is 2.25. The first-order valence-corrected chi connectivity index (χ1v) is 6.47. The summed E-state index contributed by atoms with van der Waals surface area (Å²) < 4.78 is 5.42. The number of amides is 1. The third-order valence-electron chi connectivity index (χ3n) is 3.17. The molecule has 0 saturated carbocycles. The second-order valence-electron chi connectivity index (χ2n) is 4.73. The minimum atomic E-state index is -0.0192. The first-order chi connectivity index (χ1) is 8.70. The van der Waals surface area contributed by atoms with Crippen molar-refractivity contribution in [1.29, 1.82) is 0 Å². The molecule has 0 radical (unpaired) electrons. The molecule has 0 aliphatic carbocycles. The maximum atomic E-state index is 12.0. The standard InChI is InChI=1S/C14H20N2O2/c1-10(3-2-7-15)16-14(17)12-4-5-13-11(9-12)6-8-18-13/h4-5,9-10H,2-3,6-8,15H2,1H3,(H,16,17). The number of benzene rings is 1. The lowest BCUT2D eigenvalue weighted by molar-refractivity contribution is 0.0938. The monoisotopic (exact) mass is 248 g/mol. The van der Waals surface area contributed by atoms with Gasteiger partial charge in [-0.25, -0.2) is 0 Å². The largest absolute Gasteiger partial charge is 0.493 e. The SMILES string of the molecule is CC(CCCN)NC(=O)c1ccc2c(c1)CCO2. The van der Waals surface area contributed by atoms with Crippen LogP contribution in [0.4, 0.5) is 0 Å². The predicted octanol–water partition coefficient (Wildman–Crippen LogP) is 1.48. The average Bonchev–Trinajstić information content (AvgIpc) is 2.83. The molecule has 0 bridgehead atoms. The van der Waals surface area contributed by atoms with Gasteiger partial charge in [0.2, 0.25) is 0 Å². The van der Waals surface area contributed by atoms with Crippen LogP contribution in [-0.4, -0.2) is 25.1 Å². The fraction of sp³-hybridized carbons (Fsp3) is 0.500. The molecule has 1 atom stereocenters. The van der Waals surface area contributed by atoms with Crippen LogP contribution in [-0.2, 0) is 6.42 Å². The highest BCUT2D eigenvalue weighted by Gasteiger charge is 2.15. The van der Waals surface area contributed by atoms with E-state index < -0.39 is 0 Å². The van der Waals surface area contributed by atoms with Gasteiger partial charge in [0.05, 0.1) is 6.61 Å². The number of carbonyl (C=O) groups is 1. The van der Waals surface area contributed by atoms with Crippen molar-refractivity contribution >= 4 is 5.91 Å². The molecule has 1 aromatic rings. The summed E-state index contributed by atoms with van der Waals surface area (Å²) in [5.74, 6) is 0.886. The van der Waals surface area contributed by atoms with Crippen LogP contribution < -0.4 is 15.8 Å². The first-order valence-electron chi connectivity index (χ1n) is 6.47. The Morgan fingerprint density at radius 1 is 1.56 bits per heavy atom. The highest BCUT2D eigenvalue weighted by molar-refractivity contribution is 5.94. The zero-order valence-electron chi connectivity index (χ0n) is 10.7. The molecule has 4 nitrogen and oxygen atoms in total. The van der Waals surface area contributed by atoms with Crippen LogP contribution in [0, 0.1) is 0 Å². The number of carbonyl (C=O) groups excluding carboxylic acids is 1. The van der Waals surface area contributed by atoms with Gasteiger partial charge in [-0.1, -0.05) is 0 Å². The van der Waals surface area contributed by atoms with Crippen molar-refractivity contribution in [3.63, 3.8) is 0 Å². The van der Waals surface area contributed by atoms with E-state index in [1.165, 1.54) is 0 Å². The molecule has 1 aromatic carbocycles. The van der Waals surface area contributed by atoms with E-state index in [-0.39, 0.29) is 11.9 Å². The van der Waals surface area contributed by atoms with E-state index in [0.717, 1.165) is 30.6 Å². The zero-order valence-corrected chi connectivity index (χ0v) is 10.7. The van der Waals surface area contributed by atoms with Gasteiger partial charge in [0.15, 0.2) is 0 Å². The van der Waals surface area contributed by atoms with Gasteiger partial charge in [-0.15, -0.1) is 0 Å². The van der Waals surface area contributed by atoms with Crippen LogP contribution in [0.2, 0.25) is 0 Å². The summed E-state index contributed by atoms with van der Waals surface area (Å²) in [6, 6.07) is 5.77. The molecule has 1 heterocycles. The normalized spacial score (nSPS) is 14.8. The smallest absolute Gasteiger partial charge is 0.251 e. The molecule has 98 valence electrons. The maximum Gasteiger partial charge on any atom is 0.251 e. The molecule has 0 saturated heterocycles. The van der Waals surface area contributed by atoms with Crippen molar-refractivity contribution in [2.24, 2.45) is 5.73 Å². The first kappa shape index (κ1) is 12.9.